The summed E-state index contributed by atoms with van der Waals surface area (Å²) in [6, 6.07) is 4.49. The second-order valence-corrected chi connectivity index (χ2v) is 3.37. The van der Waals surface area contributed by atoms with Crippen molar-refractivity contribution in [2.45, 2.75) is 19.4 Å². The van der Waals surface area contributed by atoms with Gasteiger partial charge < -0.3 is 5.11 Å². The number of aliphatic hydroxyl groups excluding tert-OH is 1. The molecule has 0 saturated carbocycles. The molecule has 0 amide bonds. The van der Waals surface area contributed by atoms with Gasteiger partial charge in [-0.3, -0.25) is 0 Å². The largest absolute Gasteiger partial charge is 0.393 e. The molecule has 1 atom stereocenters. The van der Waals surface area contributed by atoms with Crippen LogP contribution in [-0.2, 0) is 0 Å². The highest BCUT2D eigenvalue weighted by atomic mass is 35.5. The maximum absolute atomic E-state index is 12.7. The van der Waals surface area contributed by atoms with Crippen molar-refractivity contribution in [3.05, 3.63) is 41.0 Å². The summed E-state index contributed by atoms with van der Waals surface area (Å²) in [6.45, 7) is 1.70. The zero-order chi connectivity index (χ0) is 9.84. The first kappa shape index (κ1) is 10.5. The van der Waals surface area contributed by atoms with Crippen LogP contribution in [0.1, 0.15) is 18.9 Å². The van der Waals surface area contributed by atoms with Crippen LogP contribution in [0.4, 0.5) is 4.39 Å². The van der Waals surface area contributed by atoms with Gasteiger partial charge in [0.15, 0.2) is 0 Å². The van der Waals surface area contributed by atoms with Crippen molar-refractivity contribution >= 4 is 11.6 Å². The molecule has 1 N–H and O–H groups in total. The lowest BCUT2D eigenvalue weighted by Gasteiger charge is -2.04. The Morgan fingerprint density at radius 3 is 2.85 bits per heavy atom. The molecule has 1 aromatic carbocycles. The molecule has 0 bridgehead atoms. The molecule has 1 unspecified atom stereocenters. The minimum absolute atomic E-state index is 0.111. The van der Waals surface area contributed by atoms with Gasteiger partial charge in [-0.25, -0.2) is 4.39 Å². The average molecular weight is 202 g/mol. The Morgan fingerprint density at radius 1 is 1.62 bits per heavy atom. The van der Waals surface area contributed by atoms with Crippen molar-refractivity contribution in [3.8, 4) is 0 Å². The Morgan fingerprint density at radius 2 is 2.31 bits per heavy atom. The zero-order valence-corrected chi connectivity index (χ0v) is 8.05. The summed E-state index contributed by atoms with van der Waals surface area (Å²) in [5, 5.41) is 9.11. The zero-order valence-electron chi connectivity index (χ0n) is 7.30. The molecule has 0 aliphatic rings. The summed E-state index contributed by atoms with van der Waals surface area (Å²) in [5.74, 6) is -0.420. The Kier molecular flexibility index (Phi) is 3.70. The van der Waals surface area contributed by atoms with Gasteiger partial charge in [0.1, 0.15) is 5.82 Å². The fourth-order valence-corrected chi connectivity index (χ4v) is 1.13. The van der Waals surface area contributed by atoms with E-state index in [9.17, 15) is 4.39 Å². The highest BCUT2D eigenvalue weighted by Crippen LogP contribution is 2.18. The third-order valence-corrected chi connectivity index (χ3v) is 1.93. The second-order valence-electron chi connectivity index (χ2n) is 2.96. The maximum Gasteiger partial charge on any atom is 0.141 e. The summed E-state index contributed by atoms with van der Waals surface area (Å²) in [7, 11) is 0. The molecule has 0 aliphatic heterocycles. The molecule has 1 rings (SSSR count). The third-order valence-electron chi connectivity index (χ3n) is 1.64. The maximum atomic E-state index is 12.7. The van der Waals surface area contributed by atoms with Gasteiger partial charge in [0.2, 0.25) is 0 Å². The number of rotatable bonds is 3. The molecule has 0 fully saturated rings. The second kappa shape index (κ2) is 4.58. The van der Waals surface area contributed by atoms with Crippen LogP contribution < -0.4 is 0 Å². The van der Waals surface area contributed by atoms with E-state index in [1.54, 1.807) is 19.1 Å². The lowest BCUT2D eigenvalue weighted by atomic mass is 10.1. The third kappa shape index (κ3) is 3.33. The van der Waals surface area contributed by atoms with Crippen LogP contribution in [-0.4, -0.2) is 11.2 Å². The van der Waals surface area contributed by atoms with Crippen molar-refractivity contribution in [3.63, 3.8) is 0 Å². The van der Waals surface area contributed by atoms with E-state index in [1.807, 2.05) is 6.42 Å². The standard InChI is InChI=1S/C10H11ClFO/c1-7(13)2-3-8-4-5-10(12)9(11)6-8/h3-7,13H,2H2,1H3. The minimum atomic E-state index is -0.420. The molecule has 1 radical (unpaired) electrons. The molecule has 0 spiro atoms. The SMILES string of the molecule is CC(O)C[CH]c1ccc(F)c(Cl)c1. The molecule has 71 valence electrons. The Balaban J connectivity index is 2.63. The fourth-order valence-electron chi connectivity index (χ4n) is 0.946. The van der Waals surface area contributed by atoms with Gasteiger partial charge in [0, 0.05) is 0 Å². The van der Waals surface area contributed by atoms with Gasteiger partial charge in [-0.05, 0) is 37.5 Å². The molecule has 1 aromatic rings. The smallest absolute Gasteiger partial charge is 0.141 e. The first-order valence-electron chi connectivity index (χ1n) is 4.06. The fraction of sp³-hybridized carbons (Fsp3) is 0.300. The van der Waals surface area contributed by atoms with Crippen LogP contribution >= 0.6 is 11.6 Å². The van der Waals surface area contributed by atoms with Crippen molar-refractivity contribution in [2.75, 3.05) is 0 Å². The van der Waals surface area contributed by atoms with Gasteiger partial charge in [-0.15, -0.1) is 0 Å². The lowest BCUT2D eigenvalue weighted by molar-refractivity contribution is 0.195. The quantitative estimate of drug-likeness (QED) is 0.798. The van der Waals surface area contributed by atoms with E-state index in [0.717, 1.165) is 5.56 Å². The van der Waals surface area contributed by atoms with Crippen molar-refractivity contribution in [2.24, 2.45) is 0 Å². The van der Waals surface area contributed by atoms with Gasteiger partial charge in [-0.1, -0.05) is 17.7 Å². The van der Waals surface area contributed by atoms with E-state index in [4.69, 9.17) is 16.7 Å². The summed E-state index contributed by atoms with van der Waals surface area (Å²) in [6.07, 6.45) is 1.97. The Bertz CT molecular complexity index is 286. The topological polar surface area (TPSA) is 20.2 Å². The predicted octanol–water partition coefficient (Wildman–Crippen LogP) is 2.80. The molecule has 3 heteroatoms. The van der Waals surface area contributed by atoms with Gasteiger partial charge in [0.05, 0.1) is 11.1 Å². The highest BCUT2D eigenvalue weighted by Gasteiger charge is 2.02. The molecular formula is C10H11ClFO. The average Bonchev–Trinajstić information content (AvgIpc) is 2.07. The van der Waals surface area contributed by atoms with E-state index in [0.29, 0.717) is 6.42 Å². The monoisotopic (exact) mass is 201 g/mol. The molecule has 0 saturated heterocycles. The molecule has 0 heterocycles. The van der Waals surface area contributed by atoms with E-state index in [-0.39, 0.29) is 11.1 Å². The van der Waals surface area contributed by atoms with Crippen LogP contribution in [0.5, 0.6) is 0 Å². The van der Waals surface area contributed by atoms with Gasteiger partial charge in [0.25, 0.3) is 0 Å². The molecule has 13 heavy (non-hydrogen) atoms. The number of benzene rings is 1. The first-order valence-corrected chi connectivity index (χ1v) is 4.43. The van der Waals surface area contributed by atoms with Crippen molar-refractivity contribution in [1.82, 2.24) is 0 Å². The van der Waals surface area contributed by atoms with Crippen LogP contribution in [0.15, 0.2) is 18.2 Å². The highest BCUT2D eigenvalue weighted by molar-refractivity contribution is 6.30. The molecule has 0 aliphatic carbocycles. The van der Waals surface area contributed by atoms with Gasteiger partial charge in [-0.2, -0.15) is 0 Å². The van der Waals surface area contributed by atoms with Crippen LogP contribution in [0.2, 0.25) is 5.02 Å². The van der Waals surface area contributed by atoms with E-state index >= 15 is 0 Å². The molecule has 0 aromatic heterocycles. The van der Waals surface area contributed by atoms with E-state index in [1.165, 1.54) is 6.07 Å². The summed E-state index contributed by atoms with van der Waals surface area (Å²) in [4.78, 5) is 0. The predicted molar refractivity (Wildman–Crippen MR) is 51.1 cm³/mol. The summed E-state index contributed by atoms with van der Waals surface area (Å²) >= 11 is 5.57. The summed E-state index contributed by atoms with van der Waals surface area (Å²) < 4.78 is 12.7. The Labute approximate surface area is 82.2 Å². The van der Waals surface area contributed by atoms with Crippen molar-refractivity contribution < 1.29 is 9.50 Å². The van der Waals surface area contributed by atoms with Crippen LogP contribution in [0.25, 0.3) is 0 Å². The number of hydrogen-bond acceptors (Lipinski definition) is 1. The van der Waals surface area contributed by atoms with Crippen molar-refractivity contribution in [1.29, 1.82) is 0 Å². The normalized spacial score (nSPS) is 12.9. The van der Waals surface area contributed by atoms with E-state index in [2.05, 4.69) is 0 Å². The number of hydrogen-bond donors (Lipinski definition) is 1. The number of aliphatic hydroxyl groups is 1. The molecular weight excluding hydrogens is 191 g/mol. The molecule has 1 nitrogen and oxygen atoms in total. The van der Waals surface area contributed by atoms with Gasteiger partial charge >= 0.3 is 0 Å². The number of halogens is 2. The lowest BCUT2D eigenvalue weighted by Crippen LogP contribution is -1.99. The van der Waals surface area contributed by atoms with Crippen LogP contribution in [0, 0.1) is 12.2 Å². The van der Waals surface area contributed by atoms with Crippen LogP contribution in [0.3, 0.4) is 0 Å². The Hall–Kier alpha value is -0.600. The first-order chi connectivity index (χ1) is 6.09. The summed E-state index contributed by atoms with van der Waals surface area (Å²) in [5.41, 5.74) is 0.826. The van der Waals surface area contributed by atoms with E-state index < -0.39 is 5.82 Å². The minimum Gasteiger partial charge on any atom is -0.393 e.